The van der Waals surface area contributed by atoms with E-state index < -0.39 is 0 Å². The Morgan fingerprint density at radius 3 is 2.65 bits per heavy atom. The zero-order valence-corrected chi connectivity index (χ0v) is 12.4. The highest BCUT2D eigenvalue weighted by Crippen LogP contribution is 2.25. The van der Waals surface area contributed by atoms with Gasteiger partial charge in [0.25, 0.3) is 0 Å². The van der Waals surface area contributed by atoms with Crippen LogP contribution in [0.5, 0.6) is 11.5 Å². The van der Waals surface area contributed by atoms with E-state index in [1.165, 1.54) is 0 Å². The lowest BCUT2D eigenvalue weighted by atomic mass is 10.2. The molecule has 2 aromatic rings. The first-order valence-corrected chi connectivity index (χ1v) is 6.66. The number of hydrogen-bond donors (Lipinski definition) is 1. The minimum atomic E-state index is 0.684. The van der Waals surface area contributed by atoms with Gasteiger partial charge in [0.05, 0.1) is 25.6 Å². The van der Waals surface area contributed by atoms with Crippen molar-refractivity contribution >= 4 is 5.69 Å². The maximum absolute atomic E-state index is 5.39. The first-order valence-electron chi connectivity index (χ1n) is 6.66. The highest BCUT2D eigenvalue weighted by molar-refractivity contribution is 5.48. The van der Waals surface area contributed by atoms with E-state index in [-0.39, 0.29) is 0 Å². The summed E-state index contributed by atoms with van der Waals surface area (Å²) >= 11 is 0. The van der Waals surface area contributed by atoms with Crippen LogP contribution in [0.15, 0.2) is 24.4 Å². The lowest BCUT2D eigenvalue weighted by Gasteiger charge is -2.11. The Bertz CT molecular complexity index is 578. The third-order valence-corrected chi connectivity index (χ3v) is 3.23. The molecular weight excluding hydrogens is 254 g/mol. The molecule has 1 N–H and O–H groups in total. The second kappa shape index (κ2) is 6.32. The molecule has 1 heterocycles. The summed E-state index contributed by atoms with van der Waals surface area (Å²) < 4.78 is 12.5. The van der Waals surface area contributed by atoms with Crippen molar-refractivity contribution in [2.75, 3.05) is 19.5 Å². The maximum Gasteiger partial charge on any atom is 0.127 e. The Labute approximate surface area is 119 Å². The van der Waals surface area contributed by atoms with E-state index in [2.05, 4.69) is 17.3 Å². The standard InChI is InChI=1S/C15H21N3O2/c1-5-18-10-14(11(2)17-18)16-9-12-6-7-13(19-3)8-15(12)20-4/h6-8,10,16H,5,9H2,1-4H3. The Balaban J connectivity index is 2.11. The van der Waals surface area contributed by atoms with Gasteiger partial charge in [0.2, 0.25) is 0 Å². The van der Waals surface area contributed by atoms with Gasteiger partial charge < -0.3 is 14.8 Å². The second-order valence-electron chi connectivity index (χ2n) is 4.52. The Hall–Kier alpha value is -2.17. The number of rotatable bonds is 6. The van der Waals surface area contributed by atoms with Gasteiger partial charge in [-0.25, -0.2) is 0 Å². The molecule has 2 rings (SSSR count). The fourth-order valence-corrected chi connectivity index (χ4v) is 2.04. The van der Waals surface area contributed by atoms with Crippen molar-refractivity contribution in [2.45, 2.75) is 26.9 Å². The van der Waals surface area contributed by atoms with Crippen LogP contribution in [0, 0.1) is 6.92 Å². The molecule has 0 aliphatic carbocycles. The largest absolute Gasteiger partial charge is 0.497 e. The van der Waals surface area contributed by atoms with E-state index in [0.29, 0.717) is 6.54 Å². The molecule has 20 heavy (non-hydrogen) atoms. The van der Waals surface area contributed by atoms with E-state index >= 15 is 0 Å². The highest BCUT2D eigenvalue weighted by Gasteiger charge is 2.07. The summed E-state index contributed by atoms with van der Waals surface area (Å²) in [7, 11) is 3.31. The number of aromatic nitrogens is 2. The molecule has 0 radical (unpaired) electrons. The molecule has 1 aromatic carbocycles. The summed E-state index contributed by atoms with van der Waals surface area (Å²) in [4.78, 5) is 0. The molecule has 0 fully saturated rings. The third-order valence-electron chi connectivity index (χ3n) is 3.23. The summed E-state index contributed by atoms with van der Waals surface area (Å²) in [5, 5.41) is 7.81. The highest BCUT2D eigenvalue weighted by atomic mass is 16.5. The summed E-state index contributed by atoms with van der Waals surface area (Å²) in [6.07, 6.45) is 2.02. The monoisotopic (exact) mass is 275 g/mol. The average molecular weight is 275 g/mol. The number of aryl methyl sites for hydroxylation is 2. The first kappa shape index (κ1) is 14.2. The van der Waals surface area contributed by atoms with Crippen molar-refractivity contribution in [1.29, 1.82) is 0 Å². The van der Waals surface area contributed by atoms with Gasteiger partial charge in [-0.05, 0) is 26.0 Å². The minimum Gasteiger partial charge on any atom is -0.497 e. The van der Waals surface area contributed by atoms with Crippen LogP contribution in [0.2, 0.25) is 0 Å². The summed E-state index contributed by atoms with van der Waals surface area (Å²) in [5.41, 5.74) is 3.13. The van der Waals surface area contributed by atoms with Crippen LogP contribution in [0.3, 0.4) is 0 Å². The summed E-state index contributed by atoms with van der Waals surface area (Å²) in [6, 6.07) is 5.82. The van der Waals surface area contributed by atoms with Gasteiger partial charge in [0.1, 0.15) is 11.5 Å². The molecule has 5 nitrogen and oxygen atoms in total. The van der Waals surface area contributed by atoms with Gasteiger partial charge in [0.15, 0.2) is 0 Å². The van der Waals surface area contributed by atoms with Gasteiger partial charge in [-0.2, -0.15) is 5.10 Å². The number of nitrogens with zero attached hydrogens (tertiary/aromatic N) is 2. The SMILES string of the molecule is CCn1cc(NCc2ccc(OC)cc2OC)c(C)n1. The summed E-state index contributed by atoms with van der Waals surface area (Å²) in [5.74, 6) is 1.61. The molecule has 0 atom stereocenters. The van der Waals surface area contributed by atoms with Crippen molar-refractivity contribution < 1.29 is 9.47 Å². The van der Waals surface area contributed by atoms with Crippen molar-refractivity contribution in [3.63, 3.8) is 0 Å². The Morgan fingerprint density at radius 2 is 2.05 bits per heavy atom. The van der Waals surface area contributed by atoms with Crippen molar-refractivity contribution in [3.05, 3.63) is 35.7 Å². The normalized spacial score (nSPS) is 10.4. The smallest absolute Gasteiger partial charge is 0.127 e. The molecular formula is C15H21N3O2. The third kappa shape index (κ3) is 3.04. The minimum absolute atomic E-state index is 0.684. The predicted octanol–water partition coefficient (Wildman–Crippen LogP) is 2.84. The van der Waals surface area contributed by atoms with Gasteiger partial charge in [0, 0.05) is 30.9 Å². The van der Waals surface area contributed by atoms with E-state index in [9.17, 15) is 0 Å². The zero-order chi connectivity index (χ0) is 14.5. The molecule has 0 saturated carbocycles. The quantitative estimate of drug-likeness (QED) is 0.880. The molecule has 0 amide bonds. The van der Waals surface area contributed by atoms with Gasteiger partial charge in [-0.1, -0.05) is 0 Å². The predicted molar refractivity (Wildman–Crippen MR) is 79.5 cm³/mol. The second-order valence-corrected chi connectivity index (χ2v) is 4.52. The van der Waals surface area contributed by atoms with Crippen LogP contribution in [0.25, 0.3) is 0 Å². The number of methoxy groups -OCH3 is 2. The lowest BCUT2D eigenvalue weighted by Crippen LogP contribution is -2.02. The molecule has 0 aliphatic heterocycles. The lowest BCUT2D eigenvalue weighted by molar-refractivity contribution is 0.391. The molecule has 0 bridgehead atoms. The van der Waals surface area contributed by atoms with Crippen LogP contribution >= 0.6 is 0 Å². The van der Waals surface area contributed by atoms with Crippen LogP contribution in [-0.4, -0.2) is 24.0 Å². The molecule has 108 valence electrons. The zero-order valence-electron chi connectivity index (χ0n) is 12.4. The number of anilines is 1. The van der Waals surface area contributed by atoms with Crippen LogP contribution in [-0.2, 0) is 13.1 Å². The number of ether oxygens (including phenoxy) is 2. The summed E-state index contributed by atoms with van der Waals surface area (Å²) in [6.45, 7) is 5.63. The van der Waals surface area contributed by atoms with Gasteiger partial charge in [-0.3, -0.25) is 4.68 Å². The van der Waals surface area contributed by atoms with Gasteiger partial charge >= 0.3 is 0 Å². The Kier molecular flexibility index (Phi) is 4.50. The van der Waals surface area contributed by atoms with Crippen LogP contribution < -0.4 is 14.8 Å². The van der Waals surface area contributed by atoms with Gasteiger partial charge in [-0.15, -0.1) is 0 Å². The van der Waals surface area contributed by atoms with Crippen LogP contribution in [0.4, 0.5) is 5.69 Å². The number of nitrogens with one attached hydrogen (secondary N) is 1. The van der Waals surface area contributed by atoms with Crippen molar-refractivity contribution in [3.8, 4) is 11.5 Å². The van der Waals surface area contributed by atoms with E-state index in [1.54, 1.807) is 14.2 Å². The van der Waals surface area contributed by atoms with E-state index in [0.717, 1.165) is 35.0 Å². The molecule has 1 aromatic heterocycles. The molecule has 0 spiro atoms. The molecule has 0 unspecified atom stereocenters. The topological polar surface area (TPSA) is 48.3 Å². The molecule has 5 heteroatoms. The number of hydrogen-bond acceptors (Lipinski definition) is 4. The fourth-order valence-electron chi connectivity index (χ4n) is 2.04. The fraction of sp³-hybridized carbons (Fsp3) is 0.400. The van der Waals surface area contributed by atoms with Crippen molar-refractivity contribution in [1.82, 2.24) is 9.78 Å². The first-order chi connectivity index (χ1) is 9.67. The molecule has 0 saturated heterocycles. The van der Waals surface area contributed by atoms with E-state index in [4.69, 9.17) is 9.47 Å². The number of benzene rings is 1. The average Bonchev–Trinajstić information content (AvgIpc) is 2.85. The maximum atomic E-state index is 5.39. The molecule has 0 aliphatic rings. The Morgan fingerprint density at radius 1 is 1.25 bits per heavy atom. The van der Waals surface area contributed by atoms with E-state index in [1.807, 2.05) is 36.0 Å². The van der Waals surface area contributed by atoms with Crippen molar-refractivity contribution in [2.24, 2.45) is 0 Å². The van der Waals surface area contributed by atoms with Crippen LogP contribution in [0.1, 0.15) is 18.2 Å².